The number of halogens is 1. The molecule has 0 saturated heterocycles. The predicted octanol–water partition coefficient (Wildman–Crippen LogP) is 3.59. The van der Waals surface area contributed by atoms with Crippen LogP contribution in [0.25, 0.3) is 0 Å². The first-order valence-electron chi connectivity index (χ1n) is 5.17. The summed E-state index contributed by atoms with van der Waals surface area (Å²) in [6, 6.07) is 2.01. The smallest absolute Gasteiger partial charge is 0.140 e. The lowest BCUT2D eigenvalue weighted by Gasteiger charge is -2.14. The largest absolute Gasteiger partial charge is 0.466 e. The van der Waals surface area contributed by atoms with E-state index in [9.17, 15) is 0 Å². The molecule has 5 heteroatoms. The minimum absolute atomic E-state index is 0.0943. The number of thiazole rings is 1. The Hall–Kier alpha value is -0.650. The molecule has 0 amide bonds. The zero-order chi connectivity index (χ0) is 11.4. The molecule has 2 heterocycles. The number of nitrogens with one attached hydrogen (secondary N) is 1. The molecule has 0 aromatic carbocycles. The number of hydrogen-bond acceptors (Lipinski definition) is 4. The topological polar surface area (TPSA) is 38.1 Å². The molecule has 1 N–H and O–H groups in total. The van der Waals surface area contributed by atoms with Crippen molar-refractivity contribution >= 4 is 27.3 Å². The van der Waals surface area contributed by atoms with Crippen molar-refractivity contribution < 1.29 is 4.42 Å². The van der Waals surface area contributed by atoms with Crippen LogP contribution in [-0.4, -0.2) is 11.5 Å². The summed E-state index contributed by atoms with van der Waals surface area (Å²) >= 11 is 5.13. The van der Waals surface area contributed by atoms with E-state index >= 15 is 0 Å². The molecule has 0 spiro atoms. The Morgan fingerprint density at radius 3 is 3.06 bits per heavy atom. The van der Waals surface area contributed by atoms with E-state index in [1.807, 2.05) is 17.8 Å². The molecule has 0 aliphatic heterocycles. The Bertz CT molecular complexity index is 427. The fraction of sp³-hybridized carbons (Fsp3) is 0.364. The summed E-state index contributed by atoms with van der Waals surface area (Å²) in [7, 11) is 0. The molecule has 0 aliphatic carbocycles. The molecule has 0 radical (unpaired) electrons. The third-order valence-electron chi connectivity index (χ3n) is 2.24. The first-order valence-corrected chi connectivity index (χ1v) is 6.85. The van der Waals surface area contributed by atoms with Crippen molar-refractivity contribution in [3.05, 3.63) is 39.1 Å². The lowest BCUT2D eigenvalue weighted by molar-refractivity contribution is 0.447. The molecule has 2 aromatic heterocycles. The Labute approximate surface area is 107 Å². The van der Waals surface area contributed by atoms with Crippen LogP contribution in [0.15, 0.2) is 32.9 Å². The van der Waals surface area contributed by atoms with Crippen LogP contribution >= 0.6 is 27.3 Å². The SMILES string of the molecule is CCCNC(c1cncs1)c1occc1Br. The van der Waals surface area contributed by atoms with E-state index in [-0.39, 0.29) is 6.04 Å². The third-order valence-corrected chi connectivity index (χ3v) is 3.74. The van der Waals surface area contributed by atoms with Gasteiger partial charge in [-0.1, -0.05) is 6.92 Å². The van der Waals surface area contributed by atoms with Crippen LogP contribution in [0, 0.1) is 0 Å². The van der Waals surface area contributed by atoms with Gasteiger partial charge in [-0.25, -0.2) is 0 Å². The minimum Gasteiger partial charge on any atom is -0.466 e. The predicted molar refractivity (Wildman–Crippen MR) is 68.7 cm³/mol. The third kappa shape index (κ3) is 2.53. The van der Waals surface area contributed by atoms with Crippen molar-refractivity contribution in [2.45, 2.75) is 19.4 Å². The molecular formula is C11H13BrN2OS. The molecule has 86 valence electrons. The van der Waals surface area contributed by atoms with E-state index in [1.165, 1.54) is 4.88 Å². The second-order valence-electron chi connectivity index (χ2n) is 3.42. The summed E-state index contributed by atoms with van der Waals surface area (Å²) in [6.45, 7) is 3.10. The lowest BCUT2D eigenvalue weighted by Crippen LogP contribution is -2.22. The summed E-state index contributed by atoms with van der Waals surface area (Å²) < 4.78 is 6.51. The van der Waals surface area contributed by atoms with Gasteiger partial charge in [-0.3, -0.25) is 4.98 Å². The van der Waals surface area contributed by atoms with Gasteiger partial charge in [0.25, 0.3) is 0 Å². The van der Waals surface area contributed by atoms with E-state index in [4.69, 9.17) is 4.42 Å². The highest BCUT2D eigenvalue weighted by Crippen LogP contribution is 2.31. The first-order chi connectivity index (χ1) is 7.83. The summed E-state index contributed by atoms with van der Waals surface area (Å²) in [5, 5.41) is 3.46. The van der Waals surface area contributed by atoms with Crippen LogP contribution in [0.4, 0.5) is 0 Å². The van der Waals surface area contributed by atoms with Crippen LogP contribution in [0.5, 0.6) is 0 Å². The molecule has 0 fully saturated rings. The monoisotopic (exact) mass is 300 g/mol. The highest BCUT2D eigenvalue weighted by Gasteiger charge is 2.20. The molecule has 0 bridgehead atoms. The average molecular weight is 301 g/mol. The highest BCUT2D eigenvalue weighted by atomic mass is 79.9. The second-order valence-corrected chi connectivity index (χ2v) is 5.20. The standard InChI is InChI=1S/C11H13BrN2OS/c1-2-4-14-10(9-6-13-7-16-9)11-8(12)3-5-15-11/h3,5-7,10,14H,2,4H2,1H3. The molecule has 0 aliphatic rings. The number of aromatic nitrogens is 1. The van der Waals surface area contributed by atoms with E-state index in [0.717, 1.165) is 23.2 Å². The molecule has 0 saturated carbocycles. The van der Waals surface area contributed by atoms with Gasteiger partial charge in [0.05, 0.1) is 16.2 Å². The second kappa shape index (κ2) is 5.61. The van der Waals surface area contributed by atoms with Gasteiger partial charge in [0.1, 0.15) is 11.8 Å². The maximum Gasteiger partial charge on any atom is 0.140 e. The lowest BCUT2D eigenvalue weighted by atomic mass is 10.2. The van der Waals surface area contributed by atoms with Gasteiger partial charge in [0.15, 0.2) is 0 Å². The van der Waals surface area contributed by atoms with E-state index in [1.54, 1.807) is 17.6 Å². The summed E-state index contributed by atoms with van der Waals surface area (Å²) in [6.07, 6.45) is 4.67. The molecule has 2 aromatic rings. The highest BCUT2D eigenvalue weighted by molar-refractivity contribution is 9.10. The maximum atomic E-state index is 5.52. The van der Waals surface area contributed by atoms with Crippen molar-refractivity contribution in [2.75, 3.05) is 6.54 Å². The number of rotatable bonds is 5. The van der Waals surface area contributed by atoms with Gasteiger partial charge in [-0.05, 0) is 35.0 Å². The zero-order valence-corrected chi connectivity index (χ0v) is 11.3. The van der Waals surface area contributed by atoms with Crippen LogP contribution in [-0.2, 0) is 0 Å². The molecule has 16 heavy (non-hydrogen) atoms. The van der Waals surface area contributed by atoms with Crippen molar-refractivity contribution in [3.63, 3.8) is 0 Å². The zero-order valence-electron chi connectivity index (χ0n) is 8.94. The van der Waals surface area contributed by atoms with Crippen molar-refractivity contribution in [1.29, 1.82) is 0 Å². The van der Waals surface area contributed by atoms with E-state index < -0.39 is 0 Å². The fourth-order valence-electron chi connectivity index (χ4n) is 1.49. The van der Waals surface area contributed by atoms with Gasteiger partial charge < -0.3 is 9.73 Å². The minimum atomic E-state index is 0.0943. The summed E-state index contributed by atoms with van der Waals surface area (Å²) in [5.41, 5.74) is 1.84. The van der Waals surface area contributed by atoms with Gasteiger partial charge in [0.2, 0.25) is 0 Å². The number of nitrogens with zero attached hydrogens (tertiary/aromatic N) is 1. The molecule has 1 atom stereocenters. The first kappa shape index (κ1) is 11.8. The van der Waals surface area contributed by atoms with Crippen molar-refractivity contribution in [1.82, 2.24) is 10.3 Å². The van der Waals surface area contributed by atoms with Gasteiger partial charge in [0, 0.05) is 11.1 Å². The molecule has 1 unspecified atom stereocenters. The normalized spacial score (nSPS) is 12.9. The Morgan fingerprint density at radius 1 is 1.62 bits per heavy atom. The van der Waals surface area contributed by atoms with E-state index in [0.29, 0.717) is 0 Å². The van der Waals surface area contributed by atoms with Gasteiger partial charge in [-0.15, -0.1) is 11.3 Å². The Balaban J connectivity index is 2.25. The van der Waals surface area contributed by atoms with Crippen molar-refractivity contribution in [3.8, 4) is 0 Å². The molecule has 3 nitrogen and oxygen atoms in total. The molecular weight excluding hydrogens is 288 g/mol. The quantitative estimate of drug-likeness (QED) is 0.917. The summed E-state index contributed by atoms with van der Waals surface area (Å²) in [5.74, 6) is 0.915. The summed E-state index contributed by atoms with van der Waals surface area (Å²) in [4.78, 5) is 5.28. The van der Waals surface area contributed by atoms with E-state index in [2.05, 4.69) is 33.2 Å². The fourth-order valence-corrected chi connectivity index (χ4v) is 2.61. The molecule has 2 rings (SSSR count). The van der Waals surface area contributed by atoms with Gasteiger partial charge in [-0.2, -0.15) is 0 Å². The van der Waals surface area contributed by atoms with Crippen LogP contribution < -0.4 is 5.32 Å². The number of furan rings is 1. The maximum absolute atomic E-state index is 5.52. The van der Waals surface area contributed by atoms with Crippen molar-refractivity contribution in [2.24, 2.45) is 0 Å². The van der Waals surface area contributed by atoms with Gasteiger partial charge >= 0.3 is 0 Å². The Morgan fingerprint density at radius 2 is 2.50 bits per heavy atom. The van der Waals surface area contributed by atoms with Crippen LogP contribution in [0.3, 0.4) is 0 Å². The van der Waals surface area contributed by atoms with Crippen LogP contribution in [0.2, 0.25) is 0 Å². The number of hydrogen-bond donors (Lipinski definition) is 1. The van der Waals surface area contributed by atoms with Crippen LogP contribution in [0.1, 0.15) is 30.0 Å². The average Bonchev–Trinajstić information content (AvgIpc) is 2.91. The Kier molecular flexibility index (Phi) is 4.15.